The monoisotopic (exact) mass is 281 g/mol. The average molecular weight is 281 g/mol. The van der Waals surface area contributed by atoms with E-state index in [0.29, 0.717) is 12.6 Å². The molecule has 3 rings (SSSR count). The third-order valence-corrected chi connectivity index (χ3v) is 4.13. The van der Waals surface area contributed by atoms with Gasteiger partial charge in [0.1, 0.15) is 12.4 Å². The molecule has 0 aromatic heterocycles. The zero-order valence-corrected chi connectivity index (χ0v) is 12.6. The number of hydrogen-bond acceptors (Lipinski definition) is 2. The molecule has 0 spiro atoms. The van der Waals surface area contributed by atoms with Gasteiger partial charge in [-0.2, -0.15) is 0 Å². The fourth-order valence-electron chi connectivity index (χ4n) is 2.66. The minimum absolute atomic E-state index is 0.623. The molecule has 2 aromatic rings. The lowest BCUT2D eigenvalue weighted by Crippen LogP contribution is -2.31. The maximum Gasteiger partial charge on any atom is 0.127 e. The molecule has 2 heteroatoms. The van der Waals surface area contributed by atoms with Gasteiger partial charge in [-0.05, 0) is 37.3 Å². The third kappa shape index (κ3) is 3.85. The van der Waals surface area contributed by atoms with Crippen LogP contribution in [0.1, 0.15) is 19.8 Å². The molecule has 0 saturated heterocycles. The molecule has 21 heavy (non-hydrogen) atoms. The zero-order chi connectivity index (χ0) is 14.5. The molecular formula is C19H23NO. The van der Waals surface area contributed by atoms with E-state index in [1.54, 1.807) is 0 Å². The van der Waals surface area contributed by atoms with E-state index in [1.165, 1.54) is 18.4 Å². The highest BCUT2D eigenvalue weighted by Crippen LogP contribution is 2.32. The summed E-state index contributed by atoms with van der Waals surface area (Å²) in [7, 11) is 0. The van der Waals surface area contributed by atoms with Gasteiger partial charge < -0.3 is 10.1 Å². The van der Waals surface area contributed by atoms with Gasteiger partial charge in [0.15, 0.2) is 0 Å². The van der Waals surface area contributed by atoms with Crippen LogP contribution in [0.5, 0.6) is 5.75 Å². The molecule has 1 unspecified atom stereocenters. The lowest BCUT2D eigenvalue weighted by Gasteiger charge is -2.15. The second kappa shape index (κ2) is 6.77. The molecule has 0 radical (unpaired) electrons. The Morgan fingerprint density at radius 3 is 2.52 bits per heavy atom. The van der Waals surface area contributed by atoms with E-state index < -0.39 is 0 Å². The summed E-state index contributed by atoms with van der Waals surface area (Å²) in [4.78, 5) is 0. The van der Waals surface area contributed by atoms with Gasteiger partial charge in [-0.3, -0.25) is 0 Å². The predicted octanol–water partition coefficient (Wildman–Crippen LogP) is 4.12. The van der Waals surface area contributed by atoms with Crippen molar-refractivity contribution >= 4 is 0 Å². The van der Waals surface area contributed by atoms with Gasteiger partial charge in [0, 0.05) is 18.2 Å². The van der Waals surface area contributed by atoms with Crippen molar-refractivity contribution < 1.29 is 4.74 Å². The highest BCUT2D eigenvalue weighted by molar-refractivity contribution is 5.70. The van der Waals surface area contributed by atoms with Crippen molar-refractivity contribution in [2.75, 3.05) is 13.2 Å². The van der Waals surface area contributed by atoms with Gasteiger partial charge in [0.2, 0.25) is 0 Å². The molecule has 110 valence electrons. The Hall–Kier alpha value is -1.80. The fourth-order valence-corrected chi connectivity index (χ4v) is 2.66. The lowest BCUT2D eigenvalue weighted by atomic mass is 10.1. The fraction of sp³-hybridized carbons (Fsp3) is 0.368. The average Bonchev–Trinajstić information content (AvgIpc) is 3.37. The van der Waals surface area contributed by atoms with Crippen LogP contribution in [0.25, 0.3) is 11.1 Å². The first-order valence-electron chi connectivity index (χ1n) is 7.85. The number of para-hydroxylation sites is 1. The summed E-state index contributed by atoms with van der Waals surface area (Å²) >= 11 is 0. The van der Waals surface area contributed by atoms with Crippen LogP contribution in [0.2, 0.25) is 0 Å². The van der Waals surface area contributed by atoms with E-state index in [0.717, 1.165) is 23.8 Å². The van der Waals surface area contributed by atoms with Crippen molar-refractivity contribution in [3.05, 3.63) is 54.6 Å². The maximum absolute atomic E-state index is 5.98. The van der Waals surface area contributed by atoms with Crippen molar-refractivity contribution in [1.82, 2.24) is 5.32 Å². The van der Waals surface area contributed by atoms with Gasteiger partial charge in [-0.15, -0.1) is 0 Å². The highest BCUT2D eigenvalue weighted by Gasteiger charge is 2.27. The Morgan fingerprint density at radius 2 is 1.76 bits per heavy atom. The topological polar surface area (TPSA) is 21.3 Å². The summed E-state index contributed by atoms with van der Waals surface area (Å²) in [6.07, 6.45) is 2.76. The number of rotatable bonds is 7. The molecule has 1 saturated carbocycles. The minimum atomic E-state index is 0.623. The van der Waals surface area contributed by atoms with Crippen molar-refractivity contribution in [2.24, 2.45) is 5.92 Å². The molecule has 0 heterocycles. The summed E-state index contributed by atoms with van der Waals surface area (Å²) in [6.45, 7) is 3.89. The molecule has 1 aliphatic carbocycles. The minimum Gasteiger partial charge on any atom is -0.492 e. The van der Waals surface area contributed by atoms with Crippen LogP contribution in [0, 0.1) is 5.92 Å². The van der Waals surface area contributed by atoms with E-state index in [2.05, 4.69) is 48.6 Å². The van der Waals surface area contributed by atoms with Gasteiger partial charge >= 0.3 is 0 Å². The summed E-state index contributed by atoms with van der Waals surface area (Å²) < 4.78 is 5.98. The summed E-state index contributed by atoms with van der Waals surface area (Å²) in [6, 6.07) is 19.3. The quantitative estimate of drug-likeness (QED) is 0.771. The van der Waals surface area contributed by atoms with E-state index in [9.17, 15) is 0 Å². The van der Waals surface area contributed by atoms with Gasteiger partial charge in [0.25, 0.3) is 0 Å². The van der Waals surface area contributed by atoms with Crippen molar-refractivity contribution in [3.8, 4) is 16.9 Å². The van der Waals surface area contributed by atoms with E-state index in [4.69, 9.17) is 4.74 Å². The van der Waals surface area contributed by atoms with Crippen LogP contribution >= 0.6 is 0 Å². The Morgan fingerprint density at radius 1 is 1.05 bits per heavy atom. The largest absolute Gasteiger partial charge is 0.492 e. The smallest absolute Gasteiger partial charge is 0.127 e. The van der Waals surface area contributed by atoms with Crippen LogP contribution in [-0.4, -0.2) is 19.2 Å². The molecule has 0 aliphatic heterocycles. The Bertz CT molecular complexity index is 563. The van der Waals surface area contributed by atoms with Crippen LogP contribution in [0.3, 0.4) is 0 Å². The van der Waals surface area contributed by atoms with Crippen molar-refractivity contribution in [2.45, 2.75) is 25.8 Å². The number of nitrogens with one attached hydrogen (secondary N) is 1. The standard InChI is InChI=1S/C19H23NO/c1-15(16-11-12-16)20-13-14-21-19-10-6-5-9-18(19)17-7-3-2-4-8-17/h2-10,15-16,20H,11-14H2,1H3. The summed E-state index contributed by atoms with van der Waals surface area (Å²) in [5.41, 5.74) is 2.36. The number of hydrogen-bond donors (Lipinski definition) is 1. The van der Waals surface area contributed by atoms with E-state index >= 15 is 0 Å². The van der Waals surface area contributed by atoms with Gasteiger partial charge in [0.05, 0.1) is 0 Å². The first kappa shape index (κ1) is 14.2. The van der Waals surface area contributed by atoms with Crippen LogP contribution < -0.4 is 10.1 Å². The summed E-state index contributed by atoms with van der Waals surface area (Å²) in [5.74, 6) is 1.85. The Labute approximate surface area is 127 Å². The summed E-state index contributed by atoms with van der Waals surface area (Å²) in [5, 5.41) is 3.55. The molecule has 2 aromatic carbocycles. The van der Waals surface area contributed by atoms with E-state index in [1.807, 2.05) is 18.2 Å². The van der Waals surface area contributed by atoms with Crippen LogP contribution in [0.4, 0.5) is 0 Å². The predicted molar refractivity (Wildman–Crippen MR) is 87.6 cm³/mol. The molecule has 0 amide bonds. The first-order valence-corrected chi connectivity index (χ1v) is 7.85. The maximum atomic E-state index is 5.98. The van der Waals surface area contributed by atoms with Crippen molar-refractivity contribution in [3.63, 3.8) is 0 Å². The molecule has 0 bridgehead atoms. The lowest BCUT2D eigenvalue weighted by molar-refractivity contribution is 0.304. The normalized spacial score (nSPS) is 15.7. The second-order valence-electron chi connectivity index (χ2n) is 5.79. The number of ether oxygens (including phenoxy) is 1. The first-order chi connectivity index (χ1) is 10.3. The Balaban J connectivity index is 1.58. The molecule has 1 fully saturated rings. The Kier molecular flexibility index (Phi) is 4.56. The molecular weight excluding hydrogens is 258 g/mol. The zero-order valence-electron chi connectivity index (χ0n) is 12.6. The molecule has 2 nitrogen and oxygen atoms in total. The molecule has 1 N–H and O–H groups in total. The second-order valence-corrected chi connectivity index (χ2v) is 5.79. The SMILES string of the molecule is CC(NCCOc1ccccc1-c1ccccc1)C1CC1. The van der Waals surface area contributed by atoms with Gasteiger partial charge in [-0.1, -0.05) is 48.5 Å². The molecule has 1 atom stereocenters. The third-order valence-electron chi connectivity index (χ3n) is 4.13. The van der Waals surface area contributed by atoms with Crippen molar-refractivity contribution in [1.29, 1.82) is 0 Å². The van der Waals surface area contributed by atoms with Gasteiger partial charge in [-0.25, -0.2) is 0 Å². The van der Waals surface area contributed by atoms with Crippen LogP contribution in [0.15, 0.2) is 54.6 Å². The van der Waals surface area contributed by atoms with Crippen LogP contribution in [-0.2, 0) is 0 Å². The highest BCUT2D eigenvalue weighted by atomic mass is 16.5. The molecule has 1 aliphatic rings. The number of benzene rings is 2. The van der Waals surface area contributed by atoms with E-state index in [-0.39, 0.29) is 0 Å².